The van der Waals surface area contributed by atoms with Crippen molar-refractivity contribution < 1.29 is 13.2 Å². The first kappa shape index (κ1) is 20.3. The van der Waals surface area contributed by atoms with Crippen LogP contribution in [-0.4, -0.2) is 30.3 Å². The molecule has 1 aliphatic rings. The van der Waals surface area contributed by atoms with Gasteiger partial charge in [0.1, 0.15) is 0 Å². The molecular formula is C24H22N4O3S. The molecule has 1 aromatic heterocycles. The van der Waals surface area contributed by atoms with Gasteiger partial charge >= 0.3 is 6.03 Å². The minimum atomic E-state index is -3.82. The number of aromatic nitrogens is 1. The molecule has 4 aromatic rings. The number of primary amides is 1. The number of hydrogen-bond donors (Lipinski definition) is 3. The van der Waals surface area contributed by atoms with Crippen molar-refractivity contribution >= 4 is 32.6 Å². The third kappa shape index (κ3) is 3.43. The van der Waals surface area contributed by atoms with Crippen molar-refractivity contribution in [1.29, 1.82) is 0 Å². The molecule has 0 saturated carbocycles. The number of H-pyrrole nitrogens is 1. The van der Waals surface area contributed by atoms with Crippen molar-refractivity contribution in [2.45, 2.75) is 17.4 Å². The highest BCUT2D eigenvalue weighted by molar-refractivity contribution is 7.89. The highest BCUT2D eigenvalue weighted by Crippen LogP contribution is 2.41. The third-order valence-electron chi connectivity index (χ3n) is 5.83. The molecule has 0 fully saturated rings. The number of nitrogens with one attached hydrogen (secondary N) is 2. The van der Waals surface area contributed by atoms with Crippen molar-refractivity contribution in [2.75, 3.05) is 11.9 Å². The van der Waals surface area contributed by atoms with Crippen molar-refractivity contribution in [2.24, 2.45) is 5.73 Å². The SMILES string of the molecule is NC(=O)Nc1ccc(S(=O)(=O)N2CCc3c([nH]c4ccccc34)C2c2ccccc2)cc1. The Bertz CT molecular complexity index is 1400. The number of aromatic amines is 1. The number of amides is 2. The molecule has 5 rings (SSSR count). The summed E-state index contributed by atoms with van der Waals surface area (Å²) >= 11 is 0. The fourth-order valence-corrected chi connectivity index (χ4v) is 6.02. The molecule has 2 amide bonds. The second-order valence-corrected chi connectivity index (χ2v) is 9.65. The number of anilines is 1. The molecule has 0 saturated heterocycles. The Morgan fingerprint density at radius 3 is 2.38 bits per heavy atom. The number of sulfonamides is 1. The van der Waals surface area contributed by atoms with E-state index in [2.05, 4.69) is 16.4 Å². The summed E-state index contributed by atoms with van der Waals surface area (Å²) in [5.74, 6) is 0. The van der Waals surface area contributed by atoms with Crippen LogP contribution in [0.3, 0.4) is 0 Å². The van der Waals surface area contributed by atoms with E-state index in [9.17, 15) is 13.2 Å². The van der Waals surface area contributed by atoms with Crippen molar-refractivity contribution in [3.05, 3.63) is 95.7 Å². The van der Waals surface area contributed by atoms with Gasteiger partial charge in [0.2, 0.25) is 10.0 Å². The van der Waals surface area contributed by atoms with Gasteiger partial charge in [-0.2, -0.15) is 4.31 Å². The maximum absolute atomic E-state index is 13.7. The van der Waals surface area contributed by atoms with E-state index in [-0.39, 0.29) is 4.90 Å². The Balaban J connectivity index is 1.62. The summed E-state index contributed by atoms with van der Waals surface area (Å²) in [5.41, 5.74) is 9.54. The first-order valence-electron chi connectivity index (χ1n) is 10.3. The number of nitrogens with zero attached hydrogens (tertiary/aromatic N) is 1. The second-order valence-electron chi connectivity index (χ2n) is 7.76. The molecule has 162 valence electrons. The number of carbonyl (C=O) groups is 1. The maximum atomic E-state index is 13.7. The normalized spacial score (nSPS) is 16.6. The van der Waals surface area contributed by atoms with Gasteiger partial charge in [0.15, 0.2) is 0 Å². The first-order valence-corrected chi connectivity index (χ1v) is 11.7. The topological polar surface area (TPSA) is 108 Å². The first-order chi connectivity index (χ1) is 15.4. The minimum Gasteiger partial charge on any atom is -0.357 e. The summed E-state index contributed by atoms with van der Waals surface area (Å²) in [4.78, 5) is 14.7. The zero-order valence-corrected chi connectivity index (χ0v) is 18.0. The van der Waals surface area contributed by atoms with Gasteiger partial charge in [-0.3, -0.25) is 0 Å². The predicted octanol–water partition coefficient (Wildman–Crippen LogP) is 3.99. The second kappa shape index (κ2) is 7.81. The molecule has 0 radical (unpaired) electrons. The number of urea groups is 1. The van der Waals surface area contributed by atoms with Crippen molar-refractivity contribution in [3.8, 4) is 0 Å². The monoisotopic (exact) mass is 446 g/mol. The molecule has 1 atom stereocenters. The lowest BCUT2D eigenvalue weighted by molar-refractivity contribution is 0.259. The molecule has 1 aliphatic heterocycles. The fraction of sp³-hybridized carbons (Fsp3) is 0.125. The van der Waals surface area contributed by atoms with Crippen LogP contribution < -0.4 is 11.1 Å². The average molecular weight is 447 g/mol. The largest absolute Gasteiger partial charge is 0.357 e. The average Bonchev–Trinajstić information content (AvgIpc) is 3.18. The van der Waals surface area contributed by atoms with Gasteiger partial charge in [0, 0.05) is 28.8 Å². The molecule has 1 unspecified atom stereocenters. The Labute approximate surface area is 185 Å². The van der Waals surface area contributed by atoms with E-state index >= 15 is 0 Å². The molecule has 3 aromatic carbocycles. The smallest absolute Gasteiger partial charge is 0.316 e. The van der Waals surface area contributed by atoms with Crippen LogP contribution in [0.4, 0.5) is 10.5 Å². The number of rotatable bonds is 4. The zero-order chi connectivity index (χ0) is 22.3. The fourth-order valence-electron chi connectivity index (χ4n) is 4.43. The van der Waals surface area contributed by atoms with Crippen LogP contribution in [0.15, 0.2) is 83.8 Å². The summed E-state index contributed by atoms with van der Waals surface area (Å²) in [6, 6.07) is 22.6. The Kier molecular flexibility index (Phi) is 4.96. The lowest BCUT2D eigenvalue weighted by Crippen LogP contribution is -2.40. The number of nitrogens with two attached hydrogens (primary N) is 1. The van der Waals surface area contributed by atoms with Crippen LogP contribution in [-0.2, 0) is 16.4 Å². The van der Waals surface area contributed by atoms with Gasteiger partial charge in [-0.1, -0.05) is 48.5 Å². The van der Waals surface area contributed by atoms with E-state index in [1.807, 2.05) is 48.5 Å². The molecular weight excluding hydrogens is 424 g/mol. The molecule has 2 heterocycles. The highest BCUT2D eigenvalue weighted by Gasteiger charge is 2.39. The van der Waals surface area contributed by atoms with Gasteiger partial charge in [-0.05, 0) is 47.9 Å². The van der Waals surface area contributed by atoms with Crippen LogP contribution in [0, 0.1) is 0 Å². The van der Waals surface area contributed by atoms with Gasteiger partial charge in [-0.15, -0.1) is 0 Å². The summed E-state index contributed by atoms with van der Waals surface area (Å²) in [5, 5.41) is 3.58. The quantitative estimate of drug-likeness (QED) is 0.441. The van der Waals surface area contributed by atoms with E-state index in [1.54, 1.807) is 4.31 Å². The summed E-state index contributed by atoms with van der Waals surface area (Å²) in [6.07, 6.45) is 0.614. The maximum Gasteiger partial charge on any atom is 0.316 e. The van der Waals surface area contributed by atoms with E-state index in [1.165, 1.54) is 24.3 Å². The summed E-state index contributed by atoms with van der Waals surface area (Å²) in [7, 11) is -3.82. The van der Waals surface area contributed by atoms with Crippen LogP contribution in [0.5, 0.6) is 0 Å². The Hall–Kier alpha value is -3.62. The molecule has 7 nitrogen and oxygen atoms in total. The molecule has 4 N–H and O–H groups in total. The van der Waals surface area contributed by atoms with Crippen LogP contribution in [0.2, 0.25) is 0 Å². The van der Waals surface area contributed by atoms with Crippen LogP contribution >= 0.6 is 0 Å². The molecule has 0 spiro atoms. The number of carbonyl (C=O) groups excluding carboxylic acids is 1. The van der Waals surface area contributed by atoms with Crippen LogP contribution in [0.1, 0.15) is 22.9 Å². The lowest BCUT2D eigenvalue weighted by atomic mass is 9.94. The zero-order valence-electron chi connectivity index (χ0n) is 17.2. The Morgan fingerprint density at radius 2 is 1.66 bits per heavy atom. The molecule has 32 heavy (non-hydrogen) atoms. The molecule has 0 aliphatic carbocycles. The number of benzene rings is 3. The van der Waals surface area contributed by atoms with Gasteiger partial charge in [-0.25, -0.2) is 13.2 Å². The van der Waals surface area contributed by atoms with E-state index in [0.29, 0.717) is 18.7 Å². The van der Waals surface area contributed by atoms with Gasteiger partial charge < -0.3 is 16.0 Å². The van der Waals surface area contributed by atoms with E-state index < -0.39 is 22.1 Å². The Morgan fingerprint density at radius 1 is 0.969 bits per heavy atom. The number of hydrogen-bond acceptors (Lipinski definition) is 3. The van der Waals surface area contributed by atoms with E-state index in [4.69, 9.17) is 5.73 Å². The predicted molar refractivity (Wildman–Crippen MR) is 124 cm³/mol. The minimum absolute atomic E-state index is 0.160. The molecule has 8 heteroatoms. The van der Waals surface area contributed by atoms with Gasteiger partial charge in [0.25, 0.3) is 0 Å². The van der Waals surface area contributed by atoms with Crippen molar-refractivity contribution in [1.82, 2.24) is 9.29 Å². The summed E-state index contributed by atoms with van der Waals surface area (Å²) in [6.45, 7) is 0.359. The third-order valence-corrected chi connectivity index (χ3v) is 7.71. The molecule has 0 bridgehead atoms. The lowest BCUT2D eigenvalue weighted by Gasteiger charge is -2.35. The van der Waals surface area contributed by atoms with E-state index in [0.717, 1.165) is 27.7 Å². The highest BCUT2D eigenvalue weighted by atomic mass is 32.2. The van der Waals surface area contributed by atoms with Gasteiger partial charge in [0.05, 0.1) is 10.9 Å². The number of fused-ring (bicyclic) bond motifs is 3. The van der Waals surface area contributed by atoms with Crippen molar-refractivity contribution in [3.63, 3.8) is 0 Å². The van der Waals surface area contributed by atoms with Crippen LogP contribution in [0.25, 0.3) is 10.9 Å². The number of para-hydroxylation sites is 1. The summed E-state index contributed by atoms with van der Waals surface area (Å²) < 4.78 is 29.0. The standard InChI is InChI=1S/C24H22N4O3S/c25-24(29)26-17-10-12-18(13-11-17)32(30,31)28-15-14-20-19-8-4-5-9-21(19)27-22(20)23(28)16-6-2-1-3-7-16/h1-13,23,27H,14-15H2,(H3,25,26,29).